The van der Waals surface area contributed by atoms with Crippen LogP contribution in [0, 0.1) is 24.8 Å². The molecule has 1 atom stereocenters. The number of amidine groups is 1. The summed E-state index contributed by atoms with van der Waals surface area (Å²) in [5.74, 6) is -0.0218. The van der Waals surface area contributed by atoms with Gasteiger partial charge in [0.25, 0.3) is 0 Å². The van der Waals surface area contributed by atoms with Gasteiger partial charge in [-0.3, -0.25) is 5.41 Å². The number of thiol groups is 1. The van der Waals surface area contributed by atoms with Crippen LogP contribution in [0.15, 0.2) is 35.4 Å². The van der Waals surface area contributed by atoms with Gasteiger partial charge in [-0.2, -0.15) is 12.6 Å². The monoisotopic (exact) mass is 444 g/mol. The molecule has 0 saturated carbocycles. The summed E-state index contributed by atoms with van der Waals surface area (Å²) in [6.07, 6.45) is 1.32. The van der Waals surface area contributed by atoms with Gasteiger partial charge in [-0.1, -0.05) is 52.8 Å². The number of aryl methyl sites for hydroxylation is 2. The van der Waals surface area contributed by atoms with Crippen LogP contribution in [0.2, 0.25) is 0 Å². The zero-order valence-electron chi connectivity index (χ0n) is 20.3. The Labute approximate surface area is 193 Å². The summed E-state index contributed by atoms with van der Waals surface area (Å²) < 4.78 is 0.194. The van der Waals surface area contributed by atoms with E-state index in [1.165, 1.54) is 18.2 Å². The van der Waals surface area contributed by atoms with Gasteiger partial charge in [0.15, 0.2) is 5.84 Å². The molecule has 0 aliphatic heterocycles. The minimum absolute atomic E-state index is 0.0218. The molecule has 0 saturated heterocycles. The minimum Gasteiger partial charge on any atom is -0.388 e. The summed E-state index contributed by atoms with van der Waals surface area (Å²) in [6, 6.07) is 9.92. The fraction of sp³-hybridized carbons (Fsp3) is 0.480. The number of nitrogens with two attached hydrogens (primary N) is 1. The average Bonchev–Trinajstić information content (AvgIpc) is 3.10. The maximum Gasteiger partial charge on any atom is 0.173 e. The first-order valence-electron chi connectivity index (χ1n) is 10.7. The van der Waals surface area contributed by atoms with E-state index >= 15 is 0 Å². The third kappa shape index (κ3) is 8.56. The van der Waals surface area contributed by atoms with Crippen molar-refractivity contribution in [3.05, 3.63) is 58.1 Å². The van der Waals surface area contributed by atoms with Gasteiger partial charge in [-0.25, -0.2) is 5.53 Å². The van der Waals surface area contributed by atoms with Gasteiger partial charge < -0.3 is 10.8 Å². The largest absolute Gasteiger partial charge is 0.388 e. The second-order valence-corrected chi connectivity index (χ2v) is 9.39. The Hall–Kier alpha value is -2.02. The van der Waals surface area contributed by atoms with Crippen LogP contribution >= 0.6 is 12.6 Å². The van der Waals surface area contributed by atoms with Crippen molar-refractivity contribution in [2.24, 2.45) is 10.8 Å². The van der Waals surface area contributed by atoms with Crippen LogP contribution in [0.5, 0.6) is 0 Å². The molecule has 2 aromatic carbocycles. The molecule has 5 nitrogen and oxygen atoms in total. The SMILES string of the molecule is CC.CC(C)(C)S.CN.Cc1cc(C(=N)N=N)cc(C)c1-c1cccc2c1CC[C@@H]2O. The Morgan fingerprint density at radius 1 is 1.13 bits per heavy atom. The molecule has 1 aliphatic rings. The van der Waals surface area contributed by atoms with Gasteiger partial charge in [0.2, 0.25) is 0 Å². The van der Waals surface area contributed by atoms with Crippen LogP contribution in [-0.4, -0.2) is 22.7 Å². The Kier molecular flexibility index (Phi) is 12.5. The normalized spacial score (nSPS) is 14.0. The highest BCUT2D eigenvalue weighted by atomic mass is 32.1. The standard InChI is InChI=1S/C18H19N3O.C4H10S.C2H6.CH5N/c1-10-8-12(18(19)21-20)9-11(2)17(10)15-5-3-4-14-13(15)6-7-16(14)22;1-4(2,3)5;2*1-2/h3-5,8-9,16,19-20,22H,6-7H2,1-2H3;5H,1-3H3;1-2H3;2H2,1H3/t16-;;;/m0.../s1. The molecule has 0 spiro atoms. The summed E-state index contributed by atoms with van der Waals surface area (Å²) >= 11 is 4.12. The molecule has 1 aliphatic carbocycles. The van der Waals surface area contributed by atoms with Gasteiger partial charge in [0.1, 0.15) is 0 Å². The molecule has 0 bridgehead atoms. The van der Waals surface area contributed by atoms with Crippen molar-refractivity contribution in [1.82, 2.24) is 0 Å². The molecule has 31 heavy (non-hydrogen) atoms. The lowest BCUT2D eigenvalue weighted by Crippen LogP contribution is -2.00. The summed E-state index contributed by atoms with van der Waals surface area (Å²) in [5, 5.41) is 21.0. The lowest BCUT2D eigenvalue weighted by atomic mass is 9.89. The van der Waals surface area contributed by atoms with Gasteiger partial charge in [-0.15, -0.1) is 5.11 Å². The molecule has 3 rings (SSSR count). The van der Waals surface area contributed by atoms with E-state index < -0.39 is 0 Å². The Bertz CT molecular complexity index is 843. The fourth-order valence-corrected chi connectivity index (χ4v) is 3.46. The lowest BCUT2D eigenvalue weighted by molar-refractivity contribution is 0.180. The lowest BCUT2D eigenvalue weighted by Gasteiger charge is -2.16. The number of fused-ring (bicyclic) bond motifs is 1. The highest BCUT2D eigenvalue weighted by molar-refractivity contribution is 7.81. The van der Waals surface area contributed by atoms with Crippen LogP contribution in [0.25, 0.3) is 11.1 Å². The van der Waals surface area contributed by atoms with Crippen molar-refractivity contribution >= 4 is 18.5 Å². The molecule has 0 unspecified atom stereocenters. The maximum absolute atomic E-state index is 10.1. The van der Waals surface area contributed by atoms with Gasteiger partial charge in [0.05, 0.1) is 6.10 Å². The van der Waals surface area contributed by atoms with Crippen LogP contribution in [-0.2, 0) is 6.42 Å². The number of aliphatic hydroxyl groups is 1. The number of aliphatic hydroxyl groups excluding tert-OH is 1. The summed E-state index contributed by atoms with van der Waals surface area (Å²) in [5.41, 5.74) is 18.9. The molecule has 0 amide bonds. The van der Waals surface area contributed by atoms with Crippen LogP contribution in [0.4, 0.5) is 0 Å². The zero-order chi connectivity index (χ0) is 24.4. The second-order valence-electron chi connectivity index (χ2n) is 8.04. The van der Waals surface area contributed by atoms with Crippen LogP contribution < -0.4 is 5.73 Å². The van der Waals surface area contributed by atoms with E-state index in [-0.39, 0.29) is 16.7 Å². The van der Waals surface area contributed by atoms with Crippen molar-refractivity contribution in [2.75, 3.05) is 7.05 Å². The predicted octanol–water partition coefficient (Wildman–Crippen LogP) is 6.62. The van der Waals surface area contributed by atoms with Gasteiger partial charge in [-0.05, 0) is 79.3 Å². The highest BCUT2D eigenvalue weighted by Gasteiger charge is 2.24. The van der Waals surface area contributed by atoms with E-state index in [1.807, 2.05) is 52.0 Å². The summed E-state index contributed by atoms with van der Waals surface area (Å²) in [7, 11) is 1.50. The fourth-order valence-electron chi connectivity index (χ4n) is 3.46. The number of nitrogens with one attached hydrogen (secondary N) is 2. The minimum atomic E-state index is -0.356. The van der Waals surface area contributed by atoms with Gasteiger partial charge in [0, 0.05) is 10.3 Å². The molecule has 0 aromatic heterocycles. The van der Waals surface area contributed by atoms with E-state index in [2.05, 4.69) is 50.3 Å². The molecular formula is C25H40N4OS. The highest BCUT2D eigenvalue weighted by Crippen LogP contribution is 2.40. The first-order chi connectivity index (χ1) is 14.5. The average molecular weight is 445 g/mol. The molecule has 0 heterocycles. The third-order valence-corrected chi connectivity index (χ3v) is 4.43. The van der Waals surface area contributed by atoms with Crippen LogP contribution in [0.1, 0.15) is 75.0 Å². The predicted molar refractivity (Wildman–Crippen MR) is 137 cm³/mol. The van der Waals surface area contributed by atoms with E-state index in [9.17, 15) is 5.11 Å². The number of hydrogen-bond acceptors (Lipinski definition) is 5. The van der Waals surface area contributed by atoms with E-state index in [4.69, 9.17) is 10.9 Å². The number of nitrogens with zero attached hydrogens (tertiary/aromatic N) is 1. The smallest absolute Gasteiger partial charge is 0.173 e. The summed E-state index contributed by atoms with van der Waals surface area (Å²) in [6.45, 7) is 14.2. The molecule has 172 valence electrons. The van der Waals surface area contributed by atoms with Crippen molar-refractivity contribution in [1.29, 1.82) is 10.9 Å². The number of benzene rings is 2. The Balaban J connectivity index is 0.000000867. The topological polar surface area (TPSA) is 106 Å². The molecule has 6 heteroatoms. The van der Waals surface area contributed by atoms with Crippen LogP contribution in [0.3, 0.4) is 0 Å². The molecule has 0 radical (unpaired) electrons. The van der Waals surface area contributed by atoms with Gasteiger partial charge >= 0.3 is 0 Å². The molecule has 0 fully saturated rings. The molecule has 2 aromatic rings. The first-order valence-corrected chi connectivity index (χ1v) is 11.2. The first kappa shape index (κ1) is 29.0. The zero-order valence-corrected chi connectivity index (χ0v) is 21.2. The summed E-state index contributed by atoms with van der Waals surface area (Å²) in [4.78, 5) is 0. The maximum atomic E-state index is 10.1. The number of hydrogen-bond donors (Lipinski definition) is 5. The number of rotatable bonds is 2. The van der Waals surface area contributed by atoms with Crippen molar-refractivity contribution in [3.63, 3.8) is 0 Å². The van der Waals surface area contributed by atoms with Crippen molar-refractivity contribution in [2.45, 2.75) is 72.2 Å². The quantitative estimate of drug-likeness (QED) is 0.155. The van der Waals surface area contributed by atoms with Crippen molar-refractivity contribution < 1.29 is 5.11 Å². The Morgan fingerprint density at radius 2 is 1.61 bits per heavy atom. The third-order valence-electron chi connectivity index (χ3n) is 4.43. The molecular weight excluding hydrogens is 404 g/mol. The molecule has 5 N–H and O–H groups in total. The van der Waals surface area contributed by atoms with E-state index in [1.54, 1.807) is 0 Å². The second kappa shape index (κ2) is 13.4. The Morgan fingerprint density at radius 3 is 2.06 bits per heavy atom. The van der Waals surface area contributed by atoms with Crippen molar-refractivity contribution in [3.8, 4) is 11.1 Å². The van der Waals surface area contributed by atoms with E-state index in [0.29, 0.717) is 5.56 Å². The van der Waals surface area contributed by atoms with E-state index in [0.717, 1.165) is 35.1 Å².